The molecule has 0 aromatic carbocycles. The van der Waals surface area contributed by atoms with Gasteiger partial charge in [0.15, 0.2) is 0 Å². The lowest BCUT2D eigenvalue weighted by atomic mass is 9.86. The van der Waals surface area contributed by atoms with Crippen molar-refractivity contribution in [2.75, 3.05) is 5.75 Å². The number of hydrogen-bond acceptors (Lipinski definition) is 2. The van der Waals surface area contributed by atoms with Crippen molar-refractivity contribution >= 4 is 21.6 Å². The Morgan fingerprint density at radius 2 is 2.27 bits per heavy atom. The van der Waals surface area contributed by atoms with Crippen molar-refractivity contribution in [2.45, 2.75) is 37.9 Å². The number of rotatable bonds is 1. The average molecular weight is 188 g/mol. The first kappa shape index (κ1) is 8.31. The third-order valence-corrected chi connectivity index (χ3v) is 6.94. The van der Waals surface area contributed by atoms with Gasteiger partial charge in [-0.3, -0.25) is 0 Å². The molecule has 2 unspecified atom stereocenters. The van der Waals surface area contributed by atoms with Crippen LogP contribution >= 0.6 is 21.6 Å². The molecule has 0 N–H and O–H groups in total. The Balaban J connectivity index is 2.20. The molecule has 64 valence electrons. The first-order valence-corrected chi connectivity index (χ1v) is 6.88. The summed E-state index contributed by atoms with van der Waals surface area (Å²) in [4.78, 5) is 0. The second-order valence-electron chi connectivity index (χ2n) is 4.07. The fraction of sp³-hybridized carbons (Fsp3) is 1.00. The van der Waals surface area contributed by atoms with Crippen LogP contribution in [0.3, 0.4) is 0 Å². The van der Waals surface area contributed by atoms with Crippen molar-refractivity contribution in [3.05, 3.63) is 0 Å². The van der Waals surface area contributed by atoms with Crippen molar-refractivity contribution in [1.29, 1.82) is 0 Å². The Morgan fingerprint density at radius 3 is 2.91 bits per heavy atom. The maximum atomic E-state index is 2.40. The molecule has 11 heavy (non-hydrogen) atoms. The van der Waals surface area contributed by atoms with Gasteiger partial charge in [0, 0.05) is 10.5 Å². The zero-order valence-electron chi connectivity index (χ0n) is 7.30. The zero-order chi connectivity index (χ0) is 7.90. The maximum Gasteiger partial charge on any atom is 0.0322 e. The topological polar surface area (TPSA) is 0 Å². The quantitative estimate of drug-likeness (QED) is 0.577. The smallest absolute Gasteiger partial charge is 0.0322 e. The second-order valence-corrected chi connectivity index (χ2v) is 6.77. The van der Waals surface area contributed by atoms with E-state index in [1.165, 1.54) is 25.0 Å². The minimum atomic E-state index is 0.685. The summed E-state index contributed by atoms with van der Waals surface area (Å²) < 4.78 is 0.685. The van der Waals surface area contributed by atoms with Crippen LogP contribution in [-0.2, 0) is 0 Å². The second kappa shape index (κ2) is 2.88. The fourth-order valence-electron chi connectivity index (χ4n) is 2.49. The van der Waals surface area contributed by atoms with Crippen molar-refractivity contribution in [3.8, 4) is 0 Å². The summed E-state index contributed by atoms with van der Waals surface area (Å²) >= 11 is 0. The highest BCUT2D eigenvalue weighted by molar-refractivity contribution is 8.77. The van der Waals surface area contributed by atoms with E-state index in [2.05, 4.69) is 35.4 Å². The van der Waals surface area contributed by atoms with Gasteiger partial charge in [-0.2, -0.15) is 0 Å². The average Bonchev–Trinajstić information content (AvgIpc) is 2.40. The minimum absolute atomic E-state index is 0.685. The summed E-state index contributed by atoms with van der Waals surface area (Å²) in [5.74, 6) is 3.34. The highest BCUT2D eigenvalue weighted by Crippen LogP contribution is 2.61. The lowest BCUT2D eigenvalue weighted by Crippen LogP contribution is -2.32. The highest BCUT2D eigenvalue weighted by Gasteiger charge is 2.49. The molecular formula is C9H16S2. The maximum absolute atomic E-state index is 2.40. The van der Waals surface area contributed by atoms with Gasteiger partial charge in [0.25, 0.3) is 0 Å². The number of hydrogen-bond donors (Lipinski definition) is 0. The Morgan fingerprint density at radius 1 is 1.45 bits per heavy atom. The largest absolute Gasteiger partial charge is 0.0932 e. The molecule has 0 bridgehead atoms. The van der Waals surface area contributed by atoms with E-state index in [0.29, 0.717) is 4.75 Å². The van der Waals surface area contributed by atoms with Crippen LogP contribution in [0.25, 0.3) is 0 Å². The van der Waals surface area contributed by atoms with Crippen molar-refractivity contribution in [3.63, 3.8) is 0 Å². The van der Waals surface area contributed by atoms with Crippen LogP contribution in [0, 0.1) is 11.8 Å². The molecule has 0 radical (unpaired) electrons. The van der Waals surface area contributed by atoms with Crippen LogP contribution in [0.4, 0.5) is 0 Å². The molecular weight excluding hydrogens is 172 g/mol. The lowest BCUT2D eigenvalue weighted by molar-refractivity contribution is 0.372. The van der Waals surface area contributed by atoms with Gasteiger partial charge in [-0.25, -0.2) is 0 Å². The molecule has 0 spiro atoms. The van der Waals surface area contributed by atoms with Gasteiger partial charge in [-0.05, 0) is 24.7 Å². The van der Waals surface area contributed by atoms with Gasteiger partial charge in [-0.15, -0.1) is 0 Å². The van der Waals surface area contributed by atoms with E-state index in [-0.39, 0.29) is 0 Å². The summed E-state index contributed by atoms with van der Waals surface area (Å²) in [6.45, 7) is 4.80. The van der Waals surface area contributed by atoms with Crippen molar-refractivity contribution in [1.82, 2.24) is 0 Å². The van der Waals surface area contributed by atoms with Gasteiger partial charge < -0.3 is 0 Å². The van der Waals surface area contributed by atoms with Crippen LogP contribution in [0.2, 0.25) is 0 Å². The van der Waals surface area contributed by atoms with E-state index in [1.807, 2.05) is 0 Å². The van der Waals surface area contributed by atoms with Crippen LogP contribution in [-0.4, -0.2) is 10.5 Å². The van der Waals surface area contributed by atoms with Gasteiger partial charge >= 0.3 is 0 Å². The van der Waals surface area contributed by atoms with E-state index in [0.717, 1.165) is 11.8 Å². The molecule has 2 aliphatic rings. The molecule has 2 fully saturated rings. The first-order valence-electron chi connectivity index (χ1n) is 4.56. The molecule has 1 aliphatic carbocycles. The van der Waals surface area contributed by atoms with E-state index >= 15 is 0 Å². The Bertz CT molecular complexity index is 144. The van der Waals surface area contributed by atoms with Gasteiger partial charge in [-0.1, -0.05) is 41.9 Å². The Hall–Kier alpha value is 0.700. The molecule has 2 atom stereocenters. The third kappa shape index (κ3) is 1.14. The summed E-state index contributed by atoms with van der Waals surface area (Å²) in [5.41, 5.74) is 0. The molecule has 0 aromatic rings. The minimum Gasteiger partial charge on any atom is -0.0932 e. The van der Waals surface area contributed by atoms with Crippen LogP contribution in [0.5, 0.6) is 0 Å². The summed E-state index contributed by atoms with van der Waals surface area (Å²) in [5, 5.41) is 0. The Labute approximate surface area is 77.3 Å². The monoisotopic (exact) mass is 188 g/mol. The summed E-state index contributed by atoms with van der Waals surface area (Å²) in [6, 6.07) is 0. The van der Waals surface area contributed by atoms with Crippen LogP contribution in [0.1, 0.15) is 33.1 Å². The molecule has 1 heterocycles. The van der Waals surface area contributed by atoms with Crippen molar-refractivity contribution in [2.24, 2.45) is 11.8 Å². The molecule has 0 aromatic heterocycles. The van der Waals surface area contributed by atoms with E-state index < -0.39 is 0 Å². The standard InChI is InChI=1S/C9H16S2/c1-7(2)9-5-3-4-8(9)6-10-11-9/h7-8H,3-6H2,1-2H3. The van der Waals surface area contributed by atoms with Crippen LogP contribution in [0.15, 0.2) is 0 Å². The lowest BCUT2D eigenvalue weighted by Gasteiger charge is -2.31. The van der Waals surface area contributed by atoms with Gasteiger partial charge in [0.1, 0.15) is 0 Å². The predicted octanol–water partition coefficient (Wildman–Crippen LogP) is 3.58. The third-order valence-electron chi connectivity index (χ3n) is 3.27. The van der Waals surface area contributed by atoms with E-state index in [1.54, 1.807) is 0 Å². The molecule has 2 rings (SSSR count). The van der Waals surface area contributed by atoms with E-state index in [9.17, 15) is 0 Å². The number of fused-ring (bicyclic) bond motifs is 1. The molecule has 1 saturated carbocycles. The zero-order valence-corrected chi connectivity index (χ0v) is 8.93. The predicted molar refractivity (Wildman–Crippen MR) is 55.0 cm³/mol. The normalized spacial score (nSPS) is 43.4. The van der Waals surface area contributed by atoms with Crippen molar-refractivity contribution < 1.29 is 0 Å². The molecule has 0 nitrogen and oxygen atoms in total. The molecule has 0 amide bonds. The molecule has 1 saturated heterocycles. The summed E-state index contributed by atoms with van der Waals surface area (Å²) in [7, 11) is 4.30. The SMILES string of the molecule is CC(C)C12CCCC1CSS2. The van der Waals surface area contributed by atoms with Gasteiger partial charge in [0.2, 0.25) is 0 Å². The molecule has 1 aliphatic heterocycles. The fourth-order valence-corrected chi connectivity index (χ4v) is 6.86. The van der Waals surface area contributed by atoms with Crippen LogP contribution < -0.4 is 0 Å². The highest BCUT2D eigenvalue weighted by atomic mass is 33.1. The van der Waals surface area contributed by atoms with E-state index in [4.69, 9.17) is 0 Å². The summed E-state index contributed by atoms with van der Waals surface area (Å²) in [6.07, 6.45) is 4.46. The van der Waals surface area contributed by atoms with Gasteiger partial charge in [0.05, 0.1) is 0 Å². The Kier molecular flexibility index (Phi) is 2.17. The molecule has 2 heteroatoms. The first-order chi connectivity index (χ1) is 5.26.